The van der Waals surface area contributed by atoms with E-state index in [0.717, 1.165) is 49.4 Å². The quantitative estimate of drug-likeness (QED) is 0.168. The van der Waals surface area contributed by atoms with Crippen molar-refractivity contribution in [3.8, 4) is 5.75 Å². The van der Waals surface area contributed by atoms with Crippen LogP contribution in [-0.2, 0) is 11.3 Å². The van der Waals surface area contributed by atoms with Crippen molar-refractivity contribution in [1.82, 2.24) is 9.58 Å². The van der Waals surface area contributed by atoms with Gasteiger partial charge in [-0.1, -0.05) is 88.7 Å². The zero-order valence-electron chi connectivity index (χ0n) is 22.0. The number of para-hydroxylation sites is 1. The summed E-state index contributed by atoms with van der Waals surface area (Å²) in [6.45, 7) is 0.780. The molecule has 2 heterocycles. The molecule has 1 aliphatic heterocycles. The van der Waals surface area contributed by atoms with Gasteiger partial charge in [0.05, 0.1) is 24.6 Å². The summed E-state index contributed by atoms with van der Waals surface area (Å²) in [5, 5.41) is 7.69. The van der Waals surface area contributed by atoms with E-state index in [0.29, 0.717) is 12.2 Å². The zero-order chi connectivity index (χ0) is 27.5. The number of hydrogen-bond acceptors (Lipinski definition) is 4. The number of aromatic nitrogens is 1. The minimum atomic E-state index is -0.169. The Labute approximate surface area is 246 Å². The number of benzene rings is 4. The first kappa shape index (κ1) is 26.4. The second kappa shape index (κ2) is 11.7. The molecule has 40 heavy (non-hydrogen) atoms. The van der Waals surface area contributed by atoms with Gasteiger partial charge in [-0.2, -0.15) is 5.10 Å². The minimum Gasteiger partial charge on any atom is -0.497 e. The molecule has 6 rings (SSSR count). The van der Waals surface area contributed by atoms with E-state index in [1.165, 1.54) is 5.56 Å². The van der Waals surface area contributed by atoms with Crippen molar-refractivity contribution in [3.05, 3.63) is 130 Å². The molecule has 5 aromatic rings. The summed E-state index contributed by atoms with van der Waals surface area (Å²) in [7, 11) is 1.66. The van der Waals surface area contributed by atoms with E-state index in [4.69, 9.17) is 9.84 Å². The Morgan fingerprint density at radius 3 is 2.42 bits per heavy atom. The Morgan fingerprint density at radius 1 is 0.950 bits per heavy atom. The summed E-state index contributed by atoms with van der Waals surface area (Å²) in [6, 6.07) is 34.7. The second-order valence-electron chi connectivity index (χ2n) is 9.70. The highest BCUT2D eigenvalue weighted by Crippen LogP contribution is 2.36. The summed E-state index contributed by atoms with van der Waals surface area (Å²) in [5.41, 5.74) is 5.37. The molecule has 1 aromatic heterocycles. The summed E-state index contributed by atoms with van der Waals surface area (Å²) in [4.78, 5) is 14.8. The van der Waals surface area contributed by atoms with Gasteiger partial charge >= 0.3 is 0 Å². The number of rotatable bonds is 8. The number of carbonyl (C=O) groups excluding carboxylic acids is 1. The van der Waals surface area contributed by atoms with E-state index in [2.05, 4.69) is 75.2 Å². The number of ether oxygens (including phenoxy) is 1. The number of fused-ring (bicyclic) bond motifs is 1. The van der Waals surface area contributed by atoms with Crippen LogP contribution >= 0.6 is 27.7 Å². The highest BCUT2D eigenvalue weighted by Gasteiger charge is 2.33. The van der Waals surface area contributed by atoms with Crippen LogP contribution in [0.1, 0.15) is 29.2 Å². The number of methoxy groups -OCH3 is 1. The number of thioether (sulfide) groups is 1. The first-order valence-corrected chi connectivity index (χ1v) is 14.9. The maximum absolute atomic E-state index is 13.7. The molecule has 1 aliphatic rings. The van der Waals surface area contributed by atoms with E-state index >= 15 is 0 Å². The third-order valence-corrected chi connectivity index (χ3v) is 8.70. The molecule has 1 unspecified atom stereocenters. The van der Waals surface area contributed by atoms with Crippen molar-refractivity contribution in [2.75, 3.05) is 12.9 Å². The molecule has 0 saturated carbocycles. The second-order valence-corrected chi connectivity index (χ2v) is 11.6. The molecule has 0 spiro atoms. The number of nitrogens with zero attached hydrogens (tertiary/aromatic N) is 3. The number of amides is 1. The van der Waals surface area contributed by atoms with E-state index in [1.807, 2.05) is 54.6 Å². The highest BCUT2D eigenvalue weighted by atomic mass is 79.9. The van der Waals surface area contributed by atoms with Crippen LogP contribution in [0.2, 0.25) is 0 Å². The van der Waals surface area contributed by atoms with Crippen LogP contribution in [0, 0.1) is 0 Å². The van der Waals surface area contributed by atoms with Crippen LogP contribution in [0.4, 0.5) is 0 Å². The lowest BCUT2D eigenvalue weighted by Gasteiger charge is -2.22. The monoisotopic (exact) mass is 609 g/mol. The smallest absolute Gasteiger partial charge is 0.253 e. The summed E-state index contributed by atoms with van der Waals surface area (Å²) in [5.74, 6) is 1.07. The standard InChI is InChI=1S/C33H28BrN3O2S/c1-39-27-17-13-25(14-18-27)31-19-29(24-11-15-26(34)16-12-24)35-37(31)33(38)22-40-32-21-36(20-23-7-3-2-4-8-23)30-10-6-5-9-28(30)32/h2-18,21,31H,19-20,22H2,1H3. The summed E-state index contributed by atoms with van der Waals surface area (Å²) in [6.07, 6.45) is 2.82. The van der Waals surface area contributed by atoms with Crippen molar-refractivity contribution in [3.63, 3.8) is 0 Å². The zero-order valence-corrected chi connectivity index (χ0v) is 24.4. The number of hydrogen-bond donors (Lipinski definition) is 0. The largest absolute Gasteiger partial charge is 0.497 e. The van der Waals surface area contributed by atoms with Crippen molar-refractivity contribution in [2.24, 2.45) is 5.10 Å². The minimum absolute atomic E-state index is 0.0159. The van der Waals surface area contributed by atoms with E-state index in [1.54, 1.807) is 23.9 Å². The van der Waals surface area contributed by atoms with Crippen LogP contribution in [0.25, 0.3) is 10.9 Å². The maximum Gasteiger partial charge on any atom is 0.253 e. The van der Waals surface area contributed by atoms with Gasteiger partial charge in [-0.3, -0.25) is 4.79 Å². The lowest BCUT2D eigenvalue weighted by atomic mass is 9.98. The fourth-order valence-corrected chi connectivity index (χ4v) is 6.29. The highest BCUT2D eigenvalue weighted by molar-refractivity contribution is 9.10. The Bertz CT molecular complexity index is 1660. The molecule has 1 amide bonds. The van der Waals surface area contributed by atoms with Crippen LogP contribution in [0.5, 0.6) is 5.75 Å². The van der Waals surface area contributed by atoms with Crippen LogP contribution in [0.3, 0.4) is 0 Å². The first-order valence-electron chi connectivity index (χ1n) is 13.1. The molecular formula is C33H28BrN3O2S. The van der Waals surface area contributed by atoms with Gasteiger partial charge in [0.1, 0.15) is 5.75 Å². The Balaban J connectivity index is 1.26. The van der Waals surface area contributed by atoms with Crippen molar-refractivity contribution < 1.29 is 9.53 Å². The van der Waals surface area contributed by atoms with Crippen LogP contribution in [0.15, 0.2) is 124 Å². The van der Waals surface area contributed by atoms with Crippen LogP contribution < -0.4 is 4.74 Å². The normalized spacial score (nSPS) is 14.9. The lowest BCUT2D eigenvalue weighted by Crippen LogP contribution is -2.28. The van der Waals surface area contributed by atoms with Gasteiger partial charge in [0.25, 0.3) is 5.91 Å². The summed E-state index contributed by atoms with van der Waals surface area (Å²) < 4.78 is 8.62. The van der Waals surface area contributed by atoms with Crippen molar-refractivity contribution >= 4 is 50.2 Å². The predicted molar refractivity (Wildman–Crippen MR) is 166 cm³/mol. The third-order valence-electron chi connectivity index (χ3n) is 7.14. The maximum atomic E-state index is 13.7. The predicted octanol–water partition coefficient (Wildman–Crippen LogP) is 7.93. The SMILES string of the molecule is COc1ccc(C2CC(c3ccc(Br)cc3)=NN2C(=O)CSc2cn(Cc3ccccc3)c3ccccc23)cc1. The molecule has 4 aromatic carbocycles. The molecule has 7 heteroatoms. The molecule has 0 aliphatic carbocycles. The van der Waals surface area contributed by atoms with Gasteiger partial charge < -0.3 is 9.30 Å². The number of hydrazone groups is 1. The van der Waals surface area contributed by atoms with E-state index in [-0.39, 0.29) is 11.9 Å². The third kappa shape index (κ3) is 5.58. The van der Waals surface area contributed by atoms with Crippen molar-refractivity contribution in [2.45, 2.75) is 23.9 Å². The summed E-state index contributed by atoms with van der Waals surface area (Å²) >= 11 is 5.08. The molecule has 0 fully saturated rings. The molecule has 0 radical (unpaired) electrons. The first-order chi connectivity index (χ1) is 19.6. The molecule has 1 atom stereocenters. The van der Waals surface area contributed by atoms with E-state index in [9.17, 15) is 4.79 Å². The van der Waals surface area contributed by atoms with Crippen molar-refractivity contribution in [1.29, 1.82) is 0 Å². The van der Waals surface area contributed by atoms with Crippen LogP contribution in [-0.4, -0.2) is 34.1 Å². The lowest BCUT2D eigenvalue weighted by molar-refractivity contribution is -0.130. The average Bonchev–Trinajstić information content (AvgIpc) is 3.59. The van der Waals surface area contributed by atoms with Gasteiger partial charge in [0.15, 0.2) is 0 Å². The van der Waals surface area contributed by atoms with Gasteiger partial charge in [0.2, 0.25) is 0 Å². The molecule has 0 N–H and O–H groups in total. The molecule has 200 valence electrons. The van der Waals surface area contributed by atoms with Gasteiger partial charge in [0, 0.05) is 39.4 Å². The fourth-order valence-electron chi connectivity index (χ4n) is 5.09. The number of halogens is 1. The number of carbonyl (C=O) groups is 1. The molecular weight excluding hydrogens is 582 g/mol. The van der Waals surface area contributed by atoms with E-state index < -0.39 is 0 Å². The van der Waals surface area contributed by atoms with Gasteiger partial charge in [-0.05, 0) is 47.0 Å². The van der Waals surface area contributed by atoms with Gasteiger partial charge in [-0.25, -0.2) is 5.01 Å². The molecule has 0 saturated heterocycles. The Morgan fingerprint density at radius 2 is 1.68 bits per heavy atom. The average molecular weight is 611 g/mol. The topological polar surface area (TPSA) is 46.8 Å². The fraction of sp³-hybridized carbons (Fsp3) is 0.152. The molecule has 5 nitrogen and oxygen atoms in total. The van der Waals surface area contributed by atoms with Gasteiger partial charge in [-0.15, -0.1) is 11.8 Å². The Hall–Kier alpha value is -3.81. The molecule has 0 bridgehead atoms. The Kier molecular flexibility index (Phi) is 7.75.